The minimum Gasteiger partial charge on any atom is -0.364 e. The number of primary amides is 1. The van der Waals surface area contributed by atoms with Crippen LogP contribution in [-0.4, -0.2) is 21.7 Å². The summed E-state index contributed by atoms with van der Waals surface area (Å²) in [6.07, 6.45) is 1.72. The van der Waals surface area contributed by atoms with E-state index in [2.05, 4.69) is 40.2 Å². The molecule has 1 aromatic carbocycles. The van der Waals surface area contributed by atoms with E-state index in [9.17, 15) is 4.79 Å². The highest BCUT2D eigenvalue weighted by atomic mass is 79.9. The minimum atomic E-state index is -0.527. The van der Waals surface area contributed by atoms with E-state index in [0.717, 1.165) is 16.7 Å². The number of nitrogens with zero attached hydrogens (tertiary/aromatic N) is 2. The van der Waals surface area contributed by atoms with E-state index >= 15 is 0 Å². The number of nitrogens with one attached hydrogen (secondary N) is 1. The van der Waals surface area contributed by atoms with Gasteiger partial charge in [0.05, 0.1) is 5.69 Å². The molecule has 0 saturated carbocycles. The second-order valence-electron chi connectivity index (χ2n) is 4.82. The fourth-order valence-corrected chi connectivity index (χ4v) is 2.24. The van der Waals surface area contributed by atoms with Gasteiger partial charge in [-0.05, 0) is 23.8 Å². The van der Waals surface area contributed by atoms with Crippen LogP contribution in [0.15, 0.2) is 34.9 Å². The molecule has 1 heterocycles. The van der Waals surface area contributed by atoms with Crippen molar-refractivity contribution in [2.75, 3.05) is 0 Å². The summed E-state index contributed by atoms with van der Waals surface area (Å²) >= 11 is 3.56. The molecule has 20 heavy (non-hydrogen) atoms. The zero-order chi connectivity index (χ0) is 14.7. The van der Waals surface area contributed by atoms with Crippen LogP contribution in [0.2, 0.25) is 0 Å². The first-order valence-electron chi connectivity index (χ1n) is 6.35. The van der Waals surface area contributed by atoms with E-state index in [1.165, 1.54) is 5.56 Å². The molecule has 2 rings (SSSR count). The summed E-state index contributed by atoms with van der Waals surface area (Å²) in [7, 11) is 0. The topological polar surface area (TPSA) is 72.9 Å². The molecule has 0 aliphatic heterocycles. The van der Waals surface area contributed by atoms with Crippen LogP contribution in [0.5, 0.6) is 0 Å². The van der Waals surface area contributed by atoms with Gasteiger partial charge in [0.15, 0.2) is 0 Å². The van der Waals surface area contributed by atoms with Gasteiger partial charge in [-0.2, -0.15) is 5.10 Å². The number of nitrogens with two attached hydrogens (primary N) is 1. The van der Waals surface area contributed by atoms with Crippen LogP contribution < -0.4 is 11.1 Å². The molecule has 2 aromatic rings. The van der Waals surface area contributed by atoms with Crippen LogP contribution in [0.25, 0.3) is 5.69 Å². The number of carbonyl (C=O) groups excluding carboxylic acids is 1. The van der Waals surface area contributed by atoms with Gasteiger partial charge in [-0.25, -0.2) is 4.68 Å². The molecular formula is C14H17BrN4O. The fourth-order valence-electron chi connectivity index (χ4n) is 1.74. The Morgan fingerprint density at radius 2 is 2.20 bits per heavy atom. The van der Waals surface area contributed by atoms with Gasteiger partial charge in [-0.1, -0.05) is 35.8 Å². The first-order chi connectivity index (χ1) is 9.47. The molecule has 0 aliphatic rings. The molecule has 0 atom stereocenters. The van der Waals surface area contributed by atoms with Gasteiger partial charge in [0.25, 0.3) is 5.91 Å². The first kappa shape index (κ1) is 14.7. The Hall–Kier alpha value is -1.66. The number of rotatable bonds is 5. The van der Waals surface area contributed by atoms with Crippen LogP contribution in [0.4, 0.5) is 0 Å². The second-order valence-corrected chi connectivity index (χ2v) is 5.68. The van der Waals surface area contributed by atoms with Crippen LogP contribution in [-0.2, 0) is 6.54 Å². The molecule has 1 amide bonds. The lowest BCUT2D eigenvalue weighted by Crippen LogP contribution is -2.22. The molecule has 106 valence electrons. The van der Waals surface area contributed by atoms with Crippen LogP contribution >= 0.6 is 15.9 Å². The van der Waals surface area contributed by atoms with Gasteiger partial charge in [0, 0.05) is 23.3 Å². The molecule has 0 aliphatic carbocycles. The van der Waals surface area contributed by atoms with Crippen LogP contribution in [0.1, 0.15) is 29.9 Å². The smallest absolute Gasteiger partial charge is 0.269 e. The summed E-state index contributed by atoms with van der Waals surface area (Å²) in [6, 6.07) is 7.99. The molecule has 5 nitrogen and oxygen atoms in total. The monoisotopic (exact) mass is 336 g/mol. The summed E-state index contributed by atoms with van der Waals surface area (Å²) in [6.45, 7) is 5.01. The second kappa shape index (κ2) is 6.19. The zero-order valence-electron chi connectivity index (χ0n) is 11.4. The number of aromatic nitrogens is 2. The van der Waals surface area contributed by atoms with Crippen molar-refractivity contribution in [1.29, 1.82) is 0 Å². The SMILES string of the molecule is CC(C)NCc1ccc(-n2ccc(C(N)=O)n2)cc1Br. The van der Waals surface area contributed by atoms with Gasteiger partial charge in [0.2, 0.25) is 0 Å². The maximum atomic E-state index is 11.0. The molecule has 3 N–H and O–H groups in total. The molecule has 0 fully saturated rings. The Balaban J connectivity index is 2.21. The molecule has 0 saturated heterocycles. The lowest BCUT2D eigenvalue weighted by Gasteiger charge is -2.11. The van der Waals surface area contributed by atoms with Crippen LogP contribution in [0.3, 0.4) is 0 Å². The van der Waals surface area contributed by atoms with Crippen molar-refractivity contribution in [3.8, 4) is 5.69 Å². The molecule has 0 unspecified atom stereocenters. The molecular weight excluding hydrogens is 320 g/mol. The maximum absolute atomic E-state index is 11.0. The molecule has 0 spiro atoms. The zero-order valence-corrected chi connectivity index (χ0v) is 13.0. The Bertz CT molecular complexity index is 621. The number of hydrogen-bond acceptors (Lipinski definition) is 3. The minimum absolute atomic E-state index is 0.256. The third kappa shape index (κ3) is 3.46. The van der Waals surface area contributed by atoms with Crippen molar-refractivity contribution in [3.05, 3.63) is 46.2 Å². The van der Waals surface area contributed by atoms with E-state index in [0.29, 0.717) is 6.04 Å². The number of halogens is 1. The highest BCUT2D eigenvalue weighted by Gasteiger charge is 2.08. The molecule has 6 heteroatoms. The summed E-state index contributed by atoms with van der Waals surface area (Å²) in [4.78, 5) is 11.0. The van der Waals surface area contributed by atoms with Gasteiger partial charge in [-0.3, -0.25) is 4.79 Å². The number of carbonyl (C=O) groups is 1. The van der Waals surface area contributed by atoms with E-state index in [-0.39, 0.29) is 5.69 Å². The van der Waals surface area contributed by atoms with Crippen molar-refractivity contribution >= 4 is 21.8 Å². The normalized spacial score (nSPS) is 11.0. The fraction of sp³-hybridized carbons (Fsp3) is 0.286. The van der Waals surface area contributed by atoms with Gasteiger partial charge < -0.3 is 11.1 Å². The number of hydrogen-bond donors (Lipinski definition) is 2. The predicted octanol–water partition coefficient (Wildman–Crippen LogP) is 2.23. The first-order valence-corrected chi connectivity index (χ1v) is 7.14. The van der Waals surface area contributed by atoms with E-state index in [4.69, 9.17) is 5.73 Å². The Kier molecular flexibility index (Phi) is 4.57. The largest absolute Gasteiger partial charge is 0.364 e. The van der Waals surface area contributed by atoms with Gasteiger partial charge >= 0.3 is 0 Å². The molecule has 0 bridgehead atoms. The van der Waals surface area contributed by atoms with Crippen molar-refractivity contribution in [1.82, 2.24) is 15.1 Å². The van der Waals surface area contributed by atoms with E-state index in [1.54, 1.807) is 16.9 Å². The third-order valence-corrected chi connectivity index (χ3v) is 3.58. The summed E-state index contributed by atoms with van der Waals surface area (Å²) in [5, 5.41) is 7.50. The van der Waals surface area contributed by atoms with Crippen molar-refractivity contribution in [2.24, 2.45) is 5.73 Å². The van der Waals surface area contributed by atoms with Crippen LogP contribution in [0, 0.1) is 0 Å². The lowest BCUT2D eigenvalue weighted by atomic mass is 10.2. The molecule has 1 aromatic heterocycles. The summed E-state index contributed by atoms with van der Waals surface area (Å²) < 4.78 is 2.63. The lowest BCUT2D eigenvalue weighted by molar-refractivity contribution is 0.0995. The van der Waals surface area contributed by atoms with Crippen molar-refractivity contribution in [2.45, 2.75) is 26.4 Å². The standard InChI is InChI=1S/C14H17BrN4O/c1-9(2)17-8-10-3-4-11(7-12(10)15)19-6-5-13(18-19)14(16)20/h3-7,9,17H,8H2,1-2H3,(H2,16,20). The van der Waals surface area contributed by atoms with Crippen molar-refractivity contribution in [3.63, 3.8) is 0 Å². The Morgan fingerprint density at radius 3 is 2.75 bits per heavy atom. The van der Waals surface area contributed by atoms with E-state index < -0.39 is 5.91 Å². The van der Waals surface area contributed by atoms with Gasteiger partial charge in [0.1, 0.15) is 5.69 Å². The van der Waals surface area contributed by atoms with Gasteiger partial charge in [-0.15, -0.1) is 0 Å². The summed E-state index contributed by atoms with van der Waals surface area (Å²) in [5.74, 6) is -0.527. The van der Waals surface area contributed by atoms with E-state index in [1.807, 2.05) is 18.2 Å². The third-order valence-electron chi connectivity index (χ3n) is 2.84. The quantitative estimate of drug-likeness (QED) is 0.879. The average molecular weight is 337 g/mol. The number of benzene rings is 1. The summed E-state index contributed by atoms with van der Waals surface area (Å²) in [5.41, 5.74) is 7.49. The molecule has 0 radical (unpaired) electrons. The van der Waals surface area contributed by atoms with Crippen molar-refractivity contribution < 1.29 is 4.79 Å². The average Bonchev–Trinajstić information content (AvgIpc) is 2.86. The maximum Gasteiger partial charge on any atom is 0.269 e. The highest BCUT2D eigenvalue weighted by Crippen LogP contribution is 2.21. The Morgan fingerprint density at radius 1 is 1.45 bits per heavy atom. The highest BCUT2D eigenvalue weighted by molar-refractivity contribution is 9.10. The Labute approximate surface area is 126 Å². The number of amides is 1. The predicted molar refractivity (Wildman–Crippen MR) is 81.8 cm³/mol.